The minimum absolute atomic E-state index is 0.212. The summed E-state index contributed by atoms with van der Waals surface area (Å²) in [4.78, 5) is 0. The van der Waals surface area contributed by atoms with Gasteiger partial charge in [-0.1, -0.05) is 18.2 Å². The van der Waals surface area contributed by atoms with Gasteiger partial charge < -0.3 is 11.1 Å². The summed E-state index contributed by atoms with van der Waals surface area (Å²) >= 11 is 0. The highest BCUT2D eigenvalue weighted by molar-refractivity contribution is 5.68. The van der Waals surface area contributed by atoms with E-state index in [9.17, 15) is 4.39 Å². The monoisotopic (exact) mass is 255 g/mol. The number of nitriles is 1. The van der Waals surface area contributed by atoms with E-state index in [0.717, 1.165) is 0 Å². The third-order valence-corrected chi connectivity index (χ3v) is 2.92. The summed E-state index contributed by atoms with van der Waals surface area (Å²) in [6.07, 6.45) is 0. The van der Waals surface area contributed by atoms with Crippen LogP contribution in [0.2, 0.25) is 0 Å². The van der Waals surface area contributed by atoms with Gasteiger partial charge in [-0.25, -0.2) is 4.39 Å². The van der Waals surface area contributed by atoms with Crippen molar-refractivity contribution in [2.45, 2.75) is 13.0 Å². The molecule has 0 aliphatic heterocycles. The summed E-state index contributed by atoms with van der Waals surface area (Å²) in [6.45, 7) is 1.86. The maximum absolute atomic E-state index is 13.6. The number of hydrogen-bond donors (Lipinski definition) is 2. The predicted molar refractivity (Wildman–Crippen MR) is 74.0 cm³/mol. The Morgan fingerprint density at radius 1 is 1.26 bits per heavy atom. The van der Waals surface area contributed by atoms with Gasteiger partial charge in [0.2, 0.25) is 0 Å². The molecule has 19 heavy (non-hydrogen) atoms. The highest BCUT2D eigenvalue weighted by Crippen LogP contribution is 2.26. The number of nitrogens with zero attached hydrogens (tertiary/aromatic N) is 1. The van der Waals surface area contributed by atoms with Crippen LogP contribution in [0.25, 0.3) is 0 Å². The first-order chi connectivity index (χ1) is 9.11. The second-order valence-electron chi connectivity index (χ2n) is 4.30. The molecule has 0 spiro atoms. The Balaban J connectivity index is 2.22. The molecule has 0 heterocycles. The summed E-state index contributed by atoms with van der Waals surface area (Å²) in [5.41, 5.74) is 8.09. The van der Waals surface area contributed by atoms with Crippen LogP contribution < -0.4 is 11.1 Å². The molecule has 2 aromatic carbocycles. The maximum Gasteiger partial charge on any atom is 0.128 e. The van der Waals surface area contributed by atoms with Crippen molar-refractivity contribution in [2.24, 2.45) is 0 Å². The van der Waals surface area contributed by atoms with E-state index < -0.39 is 0 Å². The Labute approximate surface area is 111 Å². The summed E-state index contributed by atoms with van der Waals surface area (Å²) in [6, 6.07) is 13.4. The van der Waals surface area contributed by atoms with E-state index in [4.69, 9.17) is 11.0 Å². The summed E-state index contributed by atoms with van der Waals surface area (Å²) in [5, 5.41) is 11.9. The van der Waals surface area contributed by atoms with Crippen LogP contribution in [-0.2, 0) is 0 Å². The van der Waals surface area contributed by atoms with Crippen molar-refractivity contribution in [3.8, 4) is 6.07 Å². The maximum atomic E-state index is 13.6. The lowest BCUT2D eigenvalue weighted by Gasteiger charge is -2.17. The third-order valence-electron chi connectivity index (χ3n) is 2.92. The van der Waals surface area contributed by atoms with Crippen LogP contribution in [0.4, 0.5) is 15.8 Å². The minimum atomic E-state index is -0.255. The molecule has 0 fully saturated rings. The van der Waals surface area contributed by atoms with Crippen LogP contribution in [0.1, 0.15) is 24.1 Å². The Hall–Kier alpha value is -2.54. The van der Waals surface area contributed by atoms with Crippen molar-refractivity contribution in [3.63, 3.8) is 0 Å². The smallest absolute Gasteiger partial charge is 0.128 e. The van der Waals surface area contributed by atoms with Crippen LogP contribution in [-0.4, -0.2) is 0 Å². The number of benzene rings is 2. The van der Waals surface area contributed by atoms with Gasteiger partial charge in [0.05, 0.1) is 29.0 Å². The zero-order valence-corrected chi connectivity index (χ0v) is 10.5. The van der Waals surface area contributed by atoms with E-state index in [-0.39, 0.29) is 11.9 Å². The minimum Gasteiger partial charge on any atom is -0.397 e. The SMILES string of the molecule is CC(Nc1ccc(C#N)cc1N)c1ccccc1F. The molecule has 96 valence electrons. The predicted octanol–water partition coefficient (Wildman–Crippen LogP) is 3.45. The molecule has 0 aromatic heterocycles. The quantitative estimate of drug-likeness (QED) is 0.826. The van der Waals surface area contributed by atoms with Gasteiger partial charge in [0.15, 0.2) is 0 Å². The van der Waals surface area contributed by atoms with Gasteiger partial charge in [-0.05, 0) is 31.2 Å². The molecule has 2 aromatic rings. The molecule has 3 N–H and O–H groups in total. The largest absolute Gasteiger partial charge is 0.397 e. The number of halogens is 1. The van der Waals surface area contributed by atoms with Crippen molar-refractivity contribution in [1.29, 1.82) is 5.26 Å². The van der Waals surface area contributed by atoms with Gasteiger partial charge in [-0.2, -0.15) is 5.26 Å². The normalized spacial score (nSPS) is 11.6. The van der Waals surface area contributed by atoms with E-state index in [1.165, 1.54) is 6.07 Å². The van der Waals surface area contributed by atoms with Gasteiger partial charge >= 0.3 is 0 Å². The number of hydrogen-bond acceptors (Lipinski definition) is 3. The molecule has 0 saturated carbocycles. The van der Waals surface area contributed by atoms with E-state index in [0.29, 0.717) is 22.5 Å². The molecular formula is C15H14FN3. The van der Waals surface area contributed by atoms with Crippen LogP contribution in [0.5, 0.6) is 0 Å². The first-order valence-electron chi connectivity index (χ1n) is 5.92. The molecule has 1 atom stereocenters. The molecular weight excluding hydrogens is 241 g/mol. The second kappa shape index (κ2) is 5.40. The van der Waals surface area contributed by atoms with E-state index >= 15 is 0 Å². The average Bonchev–Trinajstić information content (AvgIpc) is 2.41. The van der Waals surface area contributed by atoms with Gasteiger partial charge in [0, 0.05) is 5.56 Å². The number of nitrogens with one attached hydrogen (secondary N) is 1. The summed E-state index contributed by atoms with van der Waals surface area (Å²) in [5.74, 6) is -0.255. The lowest BCUT2D eigenvalue weighted by molar-refractivity contribution is 0.600. The standard InChI is InChI=1S/C15H14FN3/c1-10(12-4-2-3-5-13(12)16)19-15-7-6-11(9-17)8-14(15)18/h2-8,10,19H,18H2,1H3. The molecule has 1 unspecified atom stereocenters. The van der Waals surface area contributed by atoms with Crippen molar-refractivity contribution in [1.82, 2.24) is 0 Å². The summed E-state index contributed by atoms with van der Waals surface area (Å²) in [7, 11) is 0. The highest BCUT2D eigenvalue weighted by atomic mass is 19.1. The zero-order valence-electron chi connectivity index (χ0n) is 10.5. The average molecular weight is 255 g/mol. The van der Waals surface area contributed by atoms with Gasteiger partial charge in [-0.15, -0.1) is 0 Å². The van der Waals surface area contributed by atoms with E-state index in [1.54, 1.807) is 36.4 Å². The lowest BCUT2D eigenvalue weighted by Crippen LogP contribution is -2.10. The number of rotatable bonds is 3. The Bertz CT molecular complexity index is 632. The third kappa shape index (κ3) is 2.83. The van der Waals surface area contributed by atoms with Crippen LogP contribution >= 0.6 is 0 Å². The second-order valence-corrected chi connectivity index (χ2v) is 4.30. The van der Waals surface area contributed by atoms with Crippen LogP contribution in [0.3, 0.4) is 0 Å². The molecule has 0 amide bonds. The topological polar surface area (TPSA) is 61.8 Å². The molecule has 4 heteroatoms. The Kier molecular flexibility index (Phi) is 3.67. The number of nitrogens with two attached hydrogens (primary N) is 1. The highest BCUT2D eigenvalue weighted by Gasteiger charge is 2.11. The van der Waals surface area contributed by atoms with E-state index in [2.05, 4.69) is 5.32 Å². The molecule has 0 radical (unpaired) electrons. The van der Waals surface area contributed by atoms with Crippen molar-refractivity contribution in [2.75, 3.05) is 11.1 Å². The molecule has 3 nitrogen and oxygen atoms in total. The Morgan fingerprint density at radius 2 is 2.00 bits per heavy atom. The first kappa shape index (κ1) is 12.9. The molecule has 0 aliphatic carbocycles. The fourth-order valence-electron chi connectivity index (χ4n) is 1.90. The first-order valence-corrected chi connectivity index (χ1v) is 5.92. The zero-order chi connectivity index (χ0) is 13.8. The molecule has 0 aliphatic rings. The van der Waals surface area contributed by atoms with Crippen molar-refractivity contribution < 1.29 is 4.39 Å². The van der Waals surface area contributed by atoms with Crippen LogP contribution in [0.15, 0.2) is 42.5 Å². The molecule has 2 rings (SSSR count). The summed E-state index contributed by atoms with van der Waals surface area (Å²) < 4.78 is 13.6. The number of nitrogen functional groups attached to an aromatic ring is 1. The van der Waals surface area contributed by atoms with Gasteiger partial charge in [-0.3, -0.25) is 0 Å². The lowest BCUT2D eigenvalue weighted by atomic mass is 10.1. The van der Waals surface area contributed by atoms with Crippen molar-refractivity contribution >= 4 is 11.4 Å². The fraction of sp³-hybridized carbons (Fsp3) is 0.133. The Morgan fingerprint density at radius 3 is 2.63 bits per heavy atom. The van der Waals surface area contributed by atoms with Gasteiger partial charge in [0.25, 0.3) is 0 Å². The molecule has 0 saturated heterocycles. The van der Waals surface area contributed by atoms with Crippen LogP contribution in [0, 0.1) is 17.1 Å². The van der Waals surface area contributed by atoms with Gasteiger partial charge in [0.1, 0.15) is 5.82 Å². The van der Waals surface area contributed by atoms with Crippen molar-refractivity contribution in [3.05, 3.63) is 59.4 Å². The number of anilines is 2. The van der Waals surface area contributed by atoms with E-state index in [1.807, 2.05) is 13.0 Å². The molecule has 0 bridgehead atoms. The fourth-order valence-corrected chi connectivity index (χ4v) is 1.90.